The Hall–Kier alpha value is -1.49. The lowest BCUT2D eigenvalue weighted by molar-refractivity contribution is -0.171. The summed E-state index contributed by atoms with van der Waals surface area (Å²) in [6.07, 6.45) is 1.76. The Kier molecular flexibility index (Phi) is 3.91. The summed E-state index contributed by atoms with van der Waals surface area (Å²) in [5, 5.41) is 9.78. The van der Waals surface area contributed by atoms with Gasteiger partial charge in [-0.3, -0.25) is 4.79 Å². The van der Waals surface area contributed by atoms with Crippen molar-refractivity contribution in [2.45, 2.75) is 51.1 Å². The molecule has 25 heavy (non-hydrogen) atoms. The fraction of sp³-hybridized carbons (Fsp3) is 0.650. The highest BCUT2D eigenvalue weighted by molar-refractivity contribution is 5.81. The Labute approximate surface area is 147 Å². The van der Waals surface area contributed by atoms with Crippen molar-refractivity contribution in [1.29, 1.82) is 0 Å². The number of carbonyl (C=O) groups excluding carboxylic acids is 1. The third-order valence-corrected chi connectivity index (χ3v) is 6.26. The second-order valence-electron chi connectivity index (χ2n) is 8.82. The van der Waals surface area contributed by atoms with Crippen LogP contribution in [0.3, 0.4) is 0 Å². The predicted octanol–water partition coefficient (Wildman–Crippen LogP) is 3.57. The zero-order valence-corrected chi connectivity index (χ0v) is 14.5. The zero-order chi connectivity index (χ0) is 17.8. The van der Waals surface area contributed by atoms with Crippen LogP contribution < -0.4 is 0 Å². The third kappa shape index (κ3) is 3.19. The number of hydrogen-bond donors (Lipinski definition) is 1. The van der Waals surface area contributed by atoms with Crippen molar-refractivity contribution in [2.75, 3.05) is 13.1 Å². The summed E-state index contributed by atoms with van der Waals surface area (Å²) >= 11 is 0. The number of aliphatic hydroxyl groups is 1. The van der Waals surface area contributed by atoms with E-state index in [0.717, 1.165) is 37.9 Å². The van der Waals surface area contributed by atoms with E-state index in [1.165, 1.54) is 6.07 Å². The van der Waals surface area contributed by atoms with Gasteiger partial charge in [-0.15, -0.1) is 0 Å². The van der Waals surface area contributed by atoms with Crippen molar-refractivity contribution in [1.82, 2.24) is 4.90 Å². The van der Waals surface area contributed by atoms with E-state index in [-0.39, 0.29) is 22.8 Å². The van der Waals surface area contributed by atoms with Crippen LogP contribution in [0.15, 0.2) is 24.3 Å². The predicted molar refractivity (Wildman–Crippen MR) is 90.2 cm³/mol. The Morgan fingerprint density at radius 1 is 1.28 bits per heavy atom. The summed E-state index contributed by atoms with van der Waals surface area (Å²) in [5.74, 6) is 0.736. The molecule has 3 fully saturated rings. The zero-order valence-electron chi connectivity index (χ0n) is 14.5. The van der Waals surface area contributed by atoms with Crippen LogP contribution in [0.4, 0.5) is 8.78 Å². The SMILES string of the molecule is C[C@]1(O)C[C@@H](C(=O)N2CC3(CC(Cc4cccc(C(F)F)c4)C3)C2)C1. The molecule has 1 spiro atoms. The molecule has 2 saturated carbocycles. The Morgan fingerprint density at radius 2 is 1.96 bits per heavy atom. The maximum Gasteiger partial charge on any atom is 0.263 e. The Morgan fingerprint density at radius 3 is 2.56 bits per heavy atom. The molecule has 1 aliphatic heterocycles. The molecular weight excluding hydrogens is 324 g/mol. The summed E-state index contributed by atoms with van der Waals surface area (Å²) in [6.45, 7) is 3.45. The van der Waals surface area contributed by atoms with Crippen LogP contribution in [0.2, 0.25) is 0 Å². The maximum absolute atomic E-state index is 12.8. The molecule has 0 radical (unpaired) electrons. The second-order valence-corrected chi connectivity index (χ2v) is 8.82. The molecule has 1 heterocycles. The first-order valence-electron chi connectivity index (χ1n) is 9.14. The van der Waals surface area contributed by atoms with Crippen molar-refractivity contribution >= 4 is 5.91 Å². The van der Waals surface area contributed by atoms with Gasteiger partial charge >= 0.3 is 0 Å². The first kappa shape index (κ1) is 17.0. The van der Waals surface area contributed by atoms with Crippen LogP contribution in [0.25, 0.3) is 0 Å². The van der Waals surface area contributed by atoms with Gasteiger partial charge in [0, 0.05) is 30.0 Å². The molecule has 3 nitrogen and oxygen atoms in total. The minimum Gasteiger partial charge on any atom is -0.390 e. The fourth-order valence-electron chi connectivity index (χ4n) is 5.11. The number of carbonyl (C=O) groups is 1. The molecule has 3 aliphatic rings. The van der Waals surface area contributed by atoms with Gasteiger partial charge < -0.3 is 10.0 Å². The molecule has 2 aliphatic carbocycles. The van der Waals surface area contributed by atoms with Gasteiger partial charge in [0.25, 0.3) is 6.43 Å². The molecule has 0 atom stereocenters. The van der Waals surface area contributed by atoms with E-state index in [9.17, 15) is 18.7 Å². The number of hydrogen-bond acceptors (Lipinski definition) is 2. The van der Waals surface area contributed by atoms with E-state index in [0.29, 0.717) is 18.8 Å². The highest BCUT2D eigenvalue weighted by Crippen LogP contribution is 2.54. The number of nitrogens with zero attached hydrogens (tertiary/aromatic N) is 1. The van der Waals surface area contributed by atoms with Crippen molar-refractivity contribution in [3.8, 4) is 0 Å². The summed E-state index contributed by atoms with van der Waals surface area (Å²) in [7, 11) is 0. The number of amides is 1. The van der Waals surface area contributed by atoms with Gasteiger partial charge in [0.1, 0.15) is 0 Å². The van der Waals surface area contributed by atoms with Crippen LogP contribution in [-0.4, -0.2) is 34.6 Å². The Balaban J connectivity index is 1.24. The molecule has 1 aromatic carbocycles. The van der Waals surface area contributed by atoms with Crippen LogP contribution in [0.1, 0.15) is 50.2 Å². The van der Waals surface area contributed by atoms with Gasteiger partial charge in [0.15, 0.2) is 0 Å². The molecule has 1 N–H and O–H groups in total. The average Bonchev–Trinajstić information content (AvgIpc) is 2.45. The standard InChI is InChI=1S/C20H25F2NO2/c1-19(25)9-16(10-19)18(24)23-11-20(12-23)7-14(8-20)5-13-3-2-4-15(6-13)17(21)22/h2-4,6,14,16-17,25H,5,7-12H2,1H3/t16-,19+. The van der Waals surface area contributed by atoms with Gasteiger partial charge in [-0.2, -0.15) is 0 Å². The number of alkyl halides is 2. The normalized spacial score (nSPS) is 30.8. The minimum absolute atomic E-state index is 0.000287. The average molecular weight is 349 g/mol. The highest BCUT2D eigenvalue weighted by atomic mass is 19.3. The van der Waals surface area contributed by atoms with Gasteiger partial charge in [-0.25, -0.2) is 8.78 Å². The molecule has 0 bridgehead atoms. The van der Waals surface area contributed by atoms with Crippen molar-refractivity contribution in [3.05, 3.63) is 35.4 Å². The minimum atomic E-state index is -2.41. The second kappa shape index (κ2) is 5.76. The van der Waals surface area contributed by atoms with E-state index >= 15 is 0 Å². The number of halogens is 2. The summed E-state index contributed by atoms with van der Waals surface area (Å²) in [4.78, 5) is 14.3. The fourth-order valence-corrected chi connectivity index (χ4v) is 5.11. The largest absolute Gasteiger partial charge is 0.390 e. The number of benzene rings is 1. The van der Waals surface area contributed by atoms with E-state index in [4.69, 9.17) is 0 Å². The molecule has 0 aromatic heterocycles. The number of likely N-dealkylation sites (tertiary alicyclic amines) is 1. The summed E-state index contributed by atoms with van der Waals surface area (Å²) in [5.41, 5.74) is 0.703. The molecule has 1 aromatic rings. The molecular formula is C20H25F2NO2. The summed E-state index contributed by atoms with van der Waals surface area (Å²) < 4.78 is 25.6. The lowest BCUT2D eigenvalue weighted by Gasteiger charge is -2.60. The topological polar surface area (TPSA) is 40.5 Å². The van der Waals surface area contributed by atoms with Crippen molar-refractivity contribution in [3.63, 3.8) is 0 Å². The Bertz CT molecular complexity index is 666. The van der Waals surface area contributed by atoms with E-state index in [1.54, 1.807) is 19.1 Å². The van der Waals surface area contributed by atoms with Gasteiger partial charge in [0.2, 0.25) is 5.91 Å². The summed E-state index contributed by atoms with van der Waals surface area (Å²) in [6, 6.07) is 6.73. The first-order chi connectivity index (χ1) is 11.8. The molecule has 136 valence electrons. The first-order valence-corrected chi connectivity index (χ1v) is 9.14. The number of rotatable bonds is 4. The molecule has 1 amide bonds. The lowest BCUT2D eigenvalue weighted by atomic mass is 9.56. The van der Waals surface area contributed by atoms with E-state index in [1.807, 2.05) is 11.0 Å². The maximum atomic E-state index is 12.8. The third-order valence-electron chi connectivity index (χ3n) is 6.26. The van der Waals surface area contributed by atoms with E-state index < -0.39 is 12.0 Å². The van der Waals surface area contributed by atoms with Crippen molar-refractivity contribution in [2.24, 2.45) is 17.3 Å². The van der Waals surface area contributed by atoms with Gasteiger partial charge in [-0.05, 0) is 50.5 Å². The molecule has 4 rings (SSSR count). The monoisotopic (exact) mass is 349 g/mol. The van der Waals surface area contributed by atoms with Crippen LogP contribution in [0, 0.1) is 17.3 Å². The van der Waals surface area contributed by atoms with Crippen molar-refractivity contribution < 1.29 is 18.7 Å². The van der Waals surface area contributed by atoms with Crippen LogP contribution in [0.5, 0.6) is 0 Å². The lowest BCUT2D eigenvalue weighted by Crippen LogP contribution is -2.66. The molecule has 1 saturated heterocycles. The van der Waals surface area contributed by atoms with Crippen LogP contribution in [-0.2, 0) is 11.2 Å². The molecule has 5 heteroatoms. The van der Waals surface area contributed by atoms with Gasteiger partial charge in [-0.1, -0.05) is 24.3 Å². The van der Waals surface area contributed by atoms with Crippen LogP contribution >= 0.6 is 0 Å². The highest BCUT2D eigenvalue weighted by Gasteiger charge is 2.55. The van der Waals surface area contributed by atoms with E-state index in [2.05, 4.69) is 0 Å². The quantitative estimate of drug-likeness (QED) is 0.903. The molecule has 0 unspecified atom stereocenters. The van der Waals surface area contributed by atoms with Gasteiger partial charge in [0.05, 0.1) is 5.60 Å². The smallest absolute Gasteiger partial charge is 0.263 e.